The van der Waals surface area contributed by atoms with Gasteiger partial charge < -0.3 is 10.1 Å². The molecule has 0 aliphatic rings. The minimum atomic E-state index is 0.637. The quantitative estimate of drug-likeness (QED) is 0.780. The molecule has 0 aliphatic heterocycles. The first-order valence-electron chi connectivity index (χ1n) is 5.28. The Kier molecular flexibility index (Phi) is 6.76. The smallest absolute Gasteiger partial charge is 0.140 e. The Morgan fingerprint density at radius 3 is 2.94 bits per heavy atom. The molecule has 16 heavy (non-hydrogen) atoms. The zero-order valence-corrected chi connectivity index (χ0v) is 11.6. The minimum absolute atomic E-state index is 0.637. The Labute approximate surface area is 110 Å². The van der Waals surface area contributed by atoms with E-state index < -0.39 is 0 Å². The standard InChI is InChI=1S/C11H16BrClN2O/c1-16-6-4-2-3-5-14-11-10(12)7-9(13)8-15-11/h7-8H,2-6H2,1H3,(H,14,15). The van der Waals surface area contributed by atoms with Crippen molar-refractivity contribution in [2.24, 2.45) is 0 Å². The summed E-state index contributed by atoms with van der Waals surface area (Å²) in [5, 5.41) is 3.90. The van der Waals surface area contributed by atoms with Crippen LogP contribution in [-0.2, 0) is 4.74 Å². The number of rotatable bonds is 7. The maximum absolute atomic E-state index is 5.80. The molecule has 0 bridgehead atoms. The number of hydrogen-bond acceptors (Lipinski definition) is 3. The van der Waals surface area contributed by atoms with Gasteiger partial charge >= 0.3 is 0 Å². The summed E-state index contributed by atoms with van der Waals surface area (Å²) in [5.74, 6) is 0.844. The predicted octanol–water partition coefficient (Wildman–Crippen LogP) is 3.73. The number of anilines is 1. The molecular formula is C11H16BrClN2O. The summed E-state index contributed by atoms with van der Waals surface area (Å²) < 4.78 is 5.88. The van der Waals surface area contributed by atoms with E-state index >= 15 is 0 Å². The van der Waals surface area contributed by atoms with Crippen molar-refractivity contribution in [3.63, 3.8) is 0 Å². The van der Waals surface area contributed by atoms with Gasteiger partial charge in [0.15, 0.2) is 0 Å². The largest absolute Gasteiger partial charge is 0.385 e. The third-order valence-electron chi connectivity index (χ3n) is 2.13. The molecule has 1 rings (SSSR count). The lowest BCUT2D eigenvalue weighted by Crippen LogP contribution is -2.04. The monoisotopic (exact) mass is 306 g/mol. The van der Waals surface area contributed by atoms with Gasteiger partial charge in [0.05, 0.1) is 9.50 Å². The Hall–Kier alpha value is -0.320. The van der Waals surface area contributed by atoms with Gasteiger partial charge in [-0.1, -0.05) is 11.6 Å². The molecule has 1 aromatic heterocycles. The van der Waals surface area contributed by atoms with E-state index in [1.165, 1.54) is 0 Å². The molecule has 0 aliphatic carbocycles. The molecule has 0 amide bonds. The SMILES string of the molecule is COCCCCCNc1ncc(Cl)cc1Br. The van der Waals surface area contributed by atoms with E-state index in [-0.39, 0.29) is 0 Å². The number of pyridine rings is 1. The molecule has 0 radical (unpaired) electrons. The zero-order chi connectivity index (χ0) is 11.8. The minimum Gasteiger partial charge on any atom is -0.385 e. The molecule has 3 nitrogen and oxygen atoms in total. The third-order valence-corrected chi connectivity index (χ3v) is 2.94. The second kappa shape index (κ2) is 7.87. The van der Waals surface area contributed by atoms with E-state index in [0.717, 1.165) is 42.7 Å². The number of nitrogens with one attached hydrogen (secondary N) is 1. The summed E-state index contributed by atoms with van der Waals surface area (Å²) >= 11 is 9.21. The van der Waals surface area contributed by atoms with Crippen LogP contribution >= 0.6 is 27.5 Å². The highest BCUT2D eigenvalue weighted by Crippen LogP contribution is 2.22. The highest BCUT2D eigenvalue weighted by molar-refractivity contribution is 9.10. The molecule has 0 spiro atoms. The summed E-state index contributed by atoms with van der Waals surface area (Å²) in [5.41, 5.74) is 0. The molecule has 90 valence electrons. The van der Waals surface area contributed by atoms with E-state index in [1.54, 1.807) is 13.3 Å². The normalized spacial score (nSPS) is 10.4. The van der Waals surface area contributed by atoms with Crippen LogP contribution in [0, 0.1) is 0 Å². The van der Waals surface area contributed by atoms with Crippen LogP contribution in [0.15, 0.2) is 16.7 Å². The van der Waals surface area contributed by atoms with Crippen molar-refractivity contribution in [2.75, 3.05) is 25.6 Å². The van der Waals surface area contributed by atoms with Crippen molar-refractivity contribution in [2.45, 2.75) is 19.3 Å². The van der Waals surface area contributed by atoms with Crippen molar-refractivity contribution in [3.8, 4) is 0 Å². The maximum atomic E-state index is 5.80. The first-order chi connectivity index (χ1) is 7.74. The molecule has 1 heterocycles. The number of unbranched alkanes of at least 4 members (excludes halogenated alkanes) is 2. The van der Waals surface area contributed by atoms with Gasteiger partial charge in [-0.25, -0.2) is 4.98 Å². The zero-order valence-electron chi connectivity index (χ0n) is 9.30. The van der Waals surface area contributed by atoms with Gasteiger partial charge in [-0.2, -0.15) is 0 Å². The Bertz CT molecular complexity index is 323. The first kappa shape index (κ1) is 13.7. The van der Waals surface area contributed by atoms with E-state index in [0.29, 0.717) is 5.02 Å². The fraction of sp³-hybridized carbons (Fsp3) is 0.545. The van der Waals surface area contributed by atoms with Crippen LogP contribution in [0.1, 0.15) is 19.3 Å². The van der Waals surface area contributed by atoms with E-state index in [9.17, 15) is 0 Å². The van der Waals surface area contributed by atoms with Gasteiger partial charge in [0.1, 0.15) is 5.82 Å². The van der Waals surface area contributed by atoms with Crippen LogP contribution in [-0.4, -0.2) is 25.2 Å². The fourth-order valence-electron chi connectivity index (χ4n) is 1.30. The van der Waals surface area contributed by atoms with Crippen LogP contribution in [0.2, 0.25) is 5.02 Å². The molecule has 5 heteroatoms. The molecule has 1 aromatic rings. The molecule has 0 saturated heterocycles. The lowest BCUT2D eigenvalue weighted by molar-refractivity contribution is 0.192. The molecule has 0 fully saturated rings. The molecule has 0 atom stereocenters. The highest BCUT2D eigenvalue weighted by Gasteiger charge is 2.00. The lowest BCUT2D eigenvalue weighted by Gasteiger charge is -2.07. The third kappa shape index (κ3) is 5.14. The number of ether oxygens (including phenoxy) is 1. The molecule has 0 unspecified atom stereocenters. The van der Waals surface area contributed by atoms with Crippen LogP contribution in [0.5, 0.6) is 0 Å². The van der Waals surface area contributed by atoms with E-state index in [1.807, 2.05) is 6.07 Å². The number of aromatic nitrogens is 1. The Morgan fingerprint density at radius 1 is 1.44 bits per heavy atom. The van der Waals surface area contributed by atoms with Crippen LogP contribution < -0.4 is 5.32 Å². The summed E-state index contributed by atoms with van der Waals surface area (Å²) in [6, 6.07) is 1.84. The van der Waals surface area contributed by atoms with Crippen molar-refractivity contribution in [1.29, 1.82) is 0 Å². The molecule has 0 aromatic carbocycles. The summed E-state index contributed by atoms with van der Waals surface area (Å²) in [6.07, 6.45) is 5.01. The van der Waals surface area contributed by atoms with Crippen LogP contribution in [0.25, 0.3) is 0 Å². The Balaban J connectivity index is 2.21. The fourth-order valence-corrected chi connectivity index (χ4v) is 2.08. The molecular weight excluding hydrogens is 291 g/mol. The second-order valence-corrected chi connectivity index (χ2v) is 4.75. The van der Waals surface area contributed by atoms with Crippen molar-refractivity contribution >= 4 is 33.3 Å². The summed E-state index contributed by atoms with van der Waals surface area (Å²) in [6.45, 7) is 1.75. The predicted molar refractivity (Wildman–Crippen MR) is 71.2 cm³/mol. The van der Waals surface area contributed by atoms with Gasteiger partial charge in [-0.3, -0.25) is 0 Å². The van der Waals surface area contributed by atoms with E-state index in [2.05, 4.69) is 26.2 Å². The number of methoxy groups -OCH3 is 1. The van der Waals surface area contributed by atoms with Crippen molar-refractivity contribution in [1.82, 2.24) is 4.98 Å². The average Bonchev–Trinajstić information content (AvgIpc) is 2.26. The van der Waals surface area contributed by atoms with Gasteiger partial charge in [0.2, 0.25) is 0 Å². The average molecular weight is 308 g/mol. The van der Waals surface area contributed by atoms with Crippen LogP contribution in [0.3, 0.4) is 0 Å². The summed E-state index contributed by atoms with van der Waals surface area (Å²) in [4.78, 5) is 4.20. The number of halogens is 2. The maximum Gasteiger partial charge on any atom is 0.140 e. The second-order valence-electron chi connectivity index (χ2n) is 3.46. The van der Waals surface area contributed by atoms with Gasteiger partial charge in [0.25, 0.3) is 0 Å². The molecule has 1 N–H and O–H groups in total. The first-order valence-corrected chi connectivity index (χ1v) is 6.45. The summed E-state index contributed by atoms with van der Waals surface area (Å²) in [7, 11) is 1.73. The van der Waals surface area contributed by atoms with E-state index in [4.69, 9.17) is 16.3 Å². The van der Waals surface area contributed by atoms with Crippen molar-refractivity contribution in [3.05, 3.63) is 21.8 Å². The van der Waals surface area contributed by atoms with Gasteiger partial charge in [-0.05, 0) is 41.3 Å². The van der Waals surface area contributed by atoms with Gasteiger partial charge in [0, 0.05) is 26.5 Å². The number of nitrogens with zero attached hydrogens (tertiary/aromatic N) is 1. The number of hydrogen-bond donors (Lipinski definition) is 1. The lowest BCUT2D eigenvalue weighted by atomic mass is 10.2. The Morgan fingerprint density at radius 2 is 2.25 bits per heavy atom. The topological polar surface area (TPSA) is 34.1 Å². The van der Waals surface area contributed by atoms with Crippen molar-refractivity contribution < 1.29 is 4.74 Å². The van der Waals surface area contributed by atoms with Crippen LogP contribution in [0.4, 0.5) is 5.82 Å². The van der Waals surface area contributed by atoms with Gasteiger partial charge in [-0.15, -0.1) is 0 Å². The molecule has 0 saturated carbocycles. The highest BCUT2D eigenvalue weighted by atomic mass is 79.9.